The summed E-state index contributed by atoms with van der Waals surface area (Å²) in [6, 6.07) is 3.39. The Kier molecular flexibility index (Phi) is 2.07. The molecule has 2 aromatic rings. The Labute approximate surface area is 85.9 Å². The van der Waals surface area contributed by atoms with Gasteiger partial charge in [0.05, 0.1) is 5.69 Å². The molecule has 2 rings (SSSR count). The van der Waals surface area contributed by atoms with Crippen molar-refractivity contribution in [1.29, 1.82) is 0 Å². The summed E-state index contributed by atoms with van der Waals surface area (Å²) in [5, 5.41) is 6.24. The molecule has 0 fully saturated rings. The number of hydrogen-bond donors (Lipinski definition) is 2. The Morgan fingerprint density at radius 1 is 1.40 bits per heavy atom. The number of furan rings is 1. The van der Waals surface area contributed by atoms with Crippen molar-refractivity contribution in [3.8, 4) is 11.3 Å². The number of anilines is 1. The highest BCUT2D eigenvalue weighted by Crippen LogP contribution is 2.24. The zero-order valence-corrected chi connectivity index (χ0v) is 8.50. The minimum atomic E-state index is -0.378. The Balaban J connectivity index is 2.59. The minimum absolute atomic E-state index is 0.151. The number of rotatable bonds is 1. The van der Waals surface area contributed by atoms with E-state index in [1.807, 2.05) is 19.9 Å². The van der Waals surface area contributed by atoms with Crippen LogP contribution in [-0.4, -0.2) is 10.2 Å². The zero-order chi connectivity index (χ0) is 11.0. The topological polar surface area (TPSA) is 84.9 Å². The predicted molar refractivity (Wildman–Crippen MR) is 56.4 cm³/mol. The summed E-state index contributed by atoms with van der Waals surface area (Å²) in [7, 11) is 0. The van der Waals surface area contributed by atoms with E-state index in [1.165, 1.54) is 6.07 Å². The Morgan fingerprint density at radius 2 is 2.13 bits per heavy atom. The van der Waals surface area contributed by atoms with E-state index < -0.39 is 0 Å². The van der Waals surface area contributed by atoms with Crippen molar-refractivity contribution in [3.63, 3.8) is 0 Å². The van der Waals surface area contributed by atoms with Gasteiger partial charge in [0.15, 0.2) is 0 Å². The van der Waals surface area contributed by atoms with Crippen molar-refractivity contribution in [2.24, 2.45) is 0 Å². The van der Waals surface area contributed by atoms with E-state index >= 15 is 0 Å². The molecule has 0 unspecified atom stereocenters. The molecule has 0 saturated heterocycles. The number of nitrogens with zero attached hydrogens (tertiary/aromatic N) is 1. The number of nitrogens with one attached hydrogen (secondary N) is 1. The van der Waals surface area contributed by atoms with Crippen molar-refractivity contribution in [2.75, 3.05) is 5.73 Å². The van der Waals surface area contributed by atoms with Crippen LogP contribution >= 0.6 is 0 Å². The predicted octanol–water partition coefficient (Wildman–Crippen LogP) is 1.23. The van der Waals surface area contributed by atoms with Crippen molar-refractivity contribution in [2.45, 2.75) is 13.8 Å². The minimum Gasteiger partial charge on any atom is -0.466 e. The van der Waals surface area contributed by atoms with E-state index in [0.29, 0.717) is 5.69 Å². The van der Waals surface area contributed by atoms with Gasteiger partial charge in [0.25, 0.3) is 5.56 Å². The van der Waals surface area contributed by atoms with Crippen molar-refractivity contribution >= 4 is 5.69 Å². The van der Waals surface area contributed by atoms with Gasteiger partial charge in [-0.25, -0.2) is 5.10 Å². The van der Waals surface area contributed by atoms with Gasteiger partial charge in [0.1, 0.15) is 17.2 Å². The van der Waals surface area contributed by atoms with E-state index in [9.17, 15) is 4.79 Å². The molecule has 3 N–H and O–H groups in total. The third-order valence-corrected chi connectivity index (χ3v) is 2.15. The number of nitrogens with two attached hydrogens (primary N) is 1. The van der Waals surface area contributed by atoms with Crippen molar-refractivity contribution in [3.05, 3.63) is 34.0 Å². The molecule has 0 radical (unpaired) electrons. The van der Waals surface area contributed by atoms with Crippen LogP contribution in [0.25, 0.3) is 11.3 Å². The Bertz CT molecular complexity index is 554. The average molecular weight is 205 g/mol. The van der Waals surface area contributed by atoms with Crippen molar-refractivity contribution in [1.82, 2.24) is 10.2 Å². The summed E-state index contributed by atoms with van der Waals surface area (Å²) < 4.78 is 5.37. The smallest absolute Gasteiger partial charge is 0.287 e. The van der Waals surface area contributed by atoms with Gasteiger partial charge < -0.3 is 10.2 Å². The monoisotopic (exact) mass is 205 g/mol. The average Bonchev–Trinajstić information content (AvgIpc) is 2.50. The first kappa shape index (κ1) is 9.51. The maximum absolute atomic E-state index is 11.0. The molecule has 0 spiro atoms. The quantitative estimate of drug-likeness (QED) is 0.733. The van der Waals surface area contributed by atoms with Crippen LogP contribution in [0.4, 0.5) is 5.69 Å². The lowest BCUT2D eigenvalue weighted by Crippen LogP contribution is -2.13. The first-order chi connectivity index (χ1) is 7.08. The first-order valence-corrected chi connectivity index (χ1v) is 4.50. The molecule has 0 bridgehead atoms. The summed E-state index contributed by atoms with van der Waals surface area (Å²) in [6.07, 6.45) is 0. The van der Waals surface area contributed by atoms with Crippen LogP contribution in [0.1, 0.15) is 11.5 Å². The highest BCUT2D eigenvalue weighted by atomic mass is 16.3. The van der Waals surface area contributed by atoms with Gasteiger partial charge in [-0.1, -0.05) is 0 Å². The van der Waals surface area contributed by atoms with Gasteiger partial charge in [-0.2, -0.15) is 5.10 Å². The highest BCUT2D eigenvalue weighted by molar-refractivity contribution is 5.64. The molecule has 78 valence electrons. The fraction of sp³-hybridized carbons (Fsp3) is 0.200. The normalized spacial score (nSPS) is 10.5. The number of aromatic amines is 1. The molecular formula is C10H11N3O2. The standard InChI is InChI=1S/C10H11N3O2/c1-5-3-7(6(2)15-5)9-4-8(11)10(14)13-12-9/h3-4H,1-2H3,(H2,11,12)(H,13,14). The molecule has 0 aromatic carbocycles. The van der Waals surface area contributed by atoms with Crippen LogP contribution in [0, 0.1) is 13.8 Å². The van der Waals surface area contributed by atoms with Crippen LogP contribution in [0.2, 0.25) is 0 Å². The van der Waals surface area contributed by atoms with Gasteiger partial charge in [0.2, 0.25) is 0 Å². The first-order valence-electron chi connectivity index (χ1n) is 4.50. The fourth-order valence-corrected chi connectivity index (χ4v) is 1.44. The maximum Gasteiger partial charge on any atom is 0.287 e. The summed E-state index contributed by atoms with van der Waals surface area (Å²) in [4.78, 5) is 11.0. The molecule has 0 aliphatic heterocycles. The zero-order valence-electron chi connectivity index (χ0n) is 8.50. The van der Waals surface area contributed by atoms with Crippen LogP contribution in [0.15, 0.2) is 21.3 Å². The lowest BCUT2D eigenvalue weighted by molar-refractivity contribution is 0.505. The molecule has 2 heterocycles. The van der Waals surface area contributed by atoms with E-state index in [4.69, 9.17) is 10.2 Å². The SMILES string of the molecule is Cc1cc(-c2cc(N)c(=O)[nH]n2)c(C)o1. The third kappa shape index (κ3) is 1.63. The Morgan fingerprint density at radius 3 is 2.67 bits per heavy atom. The summed E-state index contributed by atoms with van der Waals surface area (Å²) in [5.74, 6) is 1.56. The van der Waals surface area contributed by atoms with Crippen molar-refractivity contribution < 1.29 is 4.42 Å². The lowest BCUT2D eigenvalue weighted by Gasteiger charge is -1.98. The molecule has 5 nitrogen and oxygen atoms in total. The number of aromatic nitrogens is 2. The largest absolute Gasteiger partial charge is 0.466 e. The highest BCUT2D eigenvalue weighted by Gasteiger charge is 2.09. The molecule has 15 heavy (non-hydrogen) atoms. The molecule has 2 aromatic heterocycles. The van der Waals surface area contributed by atoms with Crippen LogP contribution < -0.4 is 11.3 Å². The molecule has 0 saturated carbocycles. The van der Waals surface area contributed by atoms with Crippen LogP contribution in [0.5, 0.6) is 0 Å². The van der Waals surface area contributed by atoms with Crippen LogP contribution in [-0.2, 0) is 0 Å². The lowest BCUT2D eigenvalue weighted by atomic mass is 10.1. The van der Waals surface area contributed by atoms with Gasteiger partial charge in [-0.3, -0.25) is 4.79 Å². The molecule has 0 aliphatic rings. The van der Waals surface area contributed by atoms with E-state index in [-0.39, 0.29) is 11.2 Å². The molecular weight excluding hydrogens is 194 g/mol. The molecule has 0 aliphatic carbocycles. The second-order valence-corrected chi connectivity index (χ2v) is 3.36. The second-order valence-electron chi connectivity index (χ2n) is 3.36. The van der Waals surface area contributed by atoms with E-state index in [1.54, 1.807) is 0 Å². The number of aryl methyl sites for hydroxylation is 2. The molecule has 0 amide bonds. The molecule has 0 atom stereocenters. The van der Waals surface area contributed by atoms with Gasteiger partial charge >= 0.3 is 0 Å². The second kappa shape index (κ2) is 3.27. The fourth-order valence-electron chi connectivity index (χ4n) is 1.44. The van der Waals surface area contributed by atoms with Gasteiger partial charge in [0, 0.05) is 5.56 Å². The van der Waals surface area contributed by atoms with E-state index in [2.05, 4.69) is 10.2 Å². The number of nitrogen functional groups attached to an aromatic ring is 1. The summed E-state index contributed by atoms with van der Waals surface area (Å²) >= 11 is 0. The summed E-state index contributed by atoms with van der Waals surface area (Å²) in [5.41, 5.74) is 6.73. The number of hydrogen-bond acceptors (Lipinski definition) is 4. The van der Waals surface area contributed by atoms with Gasteiger partial charge in [-0.15, -0.1) is 0 Å². The number of H-pyrrole nitrogens is 1. The van der Waals surface area contributed by atoms with Gasteiger partial charge in [-0.05, 0) is 26.0 Å². The molecule has 5 heteroatoms. The summed E-state index contributed by atoms with van der Waals surface area (Å²) in [6.45, 7) is 3.69. The van der Waals surface area contributed by atoms with Crippen LogP contribution in [0.3, 0.4) is 0 Å². The Hall–Kier alpha value is -2.04. The maximum atomic E-state index is 11.0. The third-order valence-electron chi connectivity index (χ3n) is 2.15. The van der Waals surface area contributed by atoms with E-state index in [0.717, 1.165) is 17.1 Å².